The SMILES string of the molecule is COc1cc(C(C)NC(=O)c2ccc(S(=O)(=O)N(C)C)cc2)ccc1OCc1ccncc1. The van der Waals surface area contributed by atoms with Crippen LogP contribution in [0.25, 0.3) is 0 Å². The third-order valence-corrected chi connectivity index (χ3v) is 6.90. The highest BCUT2D eigenvalue weighted by Crippen LogP contribution is 2.31. The highest BCUT2D eigenvalue weighted by atomic mass is 32.2. The second-order valence-corrected chi connectivity index (χ2v) is 9.71. The van der Waals surface area contributed by atoms with Crippen molar-refractivity contribution < 1.29 is 22.7 Å². The number of amides is 1. The molecule has 1 unspecified atom stereocenters. The number of pyridine rings is 1. The topological polar surface area (TPSA) is 97.8 Å². The van der Waals surface area contributed by atoms with Crippen LogP contribution in [0.3, 0.4) is 0 Å². The summed E-state index contributed by atoms with van der Waals surface area (Å²) in [5.74, 6) is 0.837. The molecule has 3 rings (SSSR count). The number of rotatable bonds is 9. The Balaban J connectivity index is 1.68. The summed E-state index contributed by atoms with van der Waals surface area (Å²) in [5, 5.41) is 2.92. The van der Waals surface area contributed by atoms with Crippen molar-refractivity contribution in [2.45, 2.75) is 24.5 Å². The van der Waals surface area contributed by atoms with Crippen LogP contribution in [0, 0.1) is 0 Å². The number of ether oxygens (including phenoxy) is 2. The van der Waals surface area contributed by atoms with Crippen LogP contribution in [0.15, 0.2) is 71.9 Å². The third kappa shape index (κ3) is 5.88. The molecule has 0 aliphatic carbocycles. The molecule has 0 saturated heterocycles. The summed E-state index contributed by atoms with van der Waals surface area (Å²) >= 11 is 0. The molecule has 9 heteroatoms. The molecule has 0 aliphatic heterocycles. The molecule has 1 amide bonds. The predicted molar refractivity (Wildman–Crippen MR) is 125 cm³/mol. The van der Waals surface area contributed by atoms with Crippen LogP contribution in [0.5, 0.6) is 11.5 Å². The number of hydrogen-bond acceptors (Lipinski definition) is 6. The summed E-state index contributed by atoms with van der Waals surface area (Å²) in [5.41, 5.74) is 2.19. The molecule has 1 atom stereocenters. The lowest BCUT2D eigenvalue weighted by Gasteiger charge is -2.17. The second kappa shape index (κ2) is 10.5. The predicted octanol–water partition coefficient (Wildman–Crippen LogP) is 3.41. The molecule has 33 heavy (non-hydrogen) atoms. The minimum atomic E-state index is -3.55. The molecule has 0 saturated carbocycles. The lowest BCUT2D eigenvalue weighted by atomic mass is 10.1. The summed E-state index contributed by atoms with van der Waals surface area (Å²) in [6.07, 6.45) is 3.41. The van der Waals surface area contributed by atoms with Crippen molar-refractivity contribution in [1.29, 1.82) is 0 Å². The van der Waals surface area contributed by atoms with Crippen LogP contribution < -0.4 is 14.8 Å². The molecule has 2 aromatic carbocycles. The highest BCUT2D eigenvalue weighted by molar-refractivity contribution is 7.89. The summed E-state index contributed by atoms with van der Waals surface area (Å²) in [4.78, 5) is 16.8. The van der Waals surface area contributed by atoms with Crippen LogP contribution in [0.1, 0.15) is 34.5 Å². The number of benzene rings is 2. The molecule has 1 aromatic heterocycles. The summed E-state index contributed by atoms with van der Waals surface area (Å²) in [6.45, 7) is 2.24. The van der Waals surface area contributed by atoms with Gasteiger partial charge in [0.05, 0.1) is 18.0 Å². The van der Waals surface area contributed by atoms with Gasteiger partial charge in [0.2, 0.25) is 10.0 Å². The van der Waals surface area contributed by atoms with E-state index in [0.29, 0.717) is 23.7 Å². The van der Waals surface area contributed by atoms with E-state index in [1.807, 2.05) is 31.2 Å². The van der Waals surface area contributed by atoms with E-state index in [1.165, 1.54) is 38.4 Å². The second-order valence-electron chi connectivity index (χ2n) is 7.56. The van der Waals surface area contributed by atoms with Gasteiger partial charge in [-0.3, -0.25) is 9.78 Å². The average Bonchev–Trinajstić information content (AvgIpc) is 2.83. The van der Waals surface area contributed by atoms with E-state index in [4.69, 9.17) is 9.47 Å². The third-order valence-electron chi connectivity index (χ3n) is 5.07. The first-order valence-electron chi connectivity index (χ1n) is 10.3. The zero-order valence-corrected chi connectivity index (χ0v) is 19.8. The van der Waals surface area contributed by atoms with Gasteiger partial charge in [0.1, 0.15) is 6.61 Å². The molecule has 0 radical (unpaired) electrons. The van der Waals surface area contributed by atoms with E-state index in [9.17, 15) is 13.2 Å². The van der Waals surface area contributed by atoms with E-state index in [2.05, 4.69) is 10.3 Å². The van der Waals surface area contributed by atoms with Crippen LogP contribution in [0.4, 0.5) is 0 Å². The van der Waals surface area contributed by atoms with Crippen molar-refractivity contribution in [1.82, 2.24) is 14.6 Å². The summed E-state index contributed by atoms with van der Waals surface area (Å²) in [6, 6.07) is 14.8. The van der Waals surface area contributed by atoms with Gasteiger partial charge in [-0.05, 0) is 66.6 Å². The number of aromatic nitrogens is 1. The fourth-order valence-electron chi connectivity index (χ4n) is 3.07. The smallest absolute Gasteiger partial charge is 0.251 e. The Labute approximate surface area is 194 Å². The Bertz CT molecular complexity index is 1200. The number of carbonyl (C=O) groups is 1. The first-order chi connectivity index (χ1) is 15.7. The maximum atomic E-state index is 12.7. The van der Waals surface area contributed by atoms with Crippen molar-refractivity contribution in [3.05, 3.63) is 83.7 Å². The van der Waals surface area contributed by atoms with Gasteiger partial charge >= 0.3 is 0 Å². The van der Waals surface area contributed by atoms with Gasteiger partial charge in [-0.2, -0.15) is 0 Å². The molecule has 3 aromatic rings. The zero-order valence-electron chi connectivity index (χ0n) is 19.0. The Morgan fingerprint density at radius 1 is 1.03 bits per heavy atom. The van der Waals surface area contributed by atoms with Gasteiger partial charge in [0.25, 0.3) is 5.91 Å². The Kier molecular flexibility index (Phi) is 7.67. The largest absolute Gasteiger partial charge is 0.493 e. The molecular formula is C24H27N3O5S. The standard InChI is InChI=1S/C24H27N3O5S/c1-17(26-24(28)19-5-8-21(9-6-19)33(29,30)27(2)3)20-7-10-22(23(15-20)31-4)32-16-18-11-13-25-14-12-18/h5-15,17H,16H2,1-4H3,(H,26,28). The molecule has 8 nitrogen and oxygen atoms in total. The number of carbonyl (C=O) groups excluding carboxylic acids is 1. The maximum absolute atomic E-state index is 12.7. The molecule has 0 spiro atoms. The Hall–Kier alpha value is -3.43. The van der Waals surface area contributed by atoms with Crippen LogP contribution in [-0.2, 0) is 16.6 Å². The number of nitrogens with zero attached hydrogens (tertiary/aromatic N) is 2. The van der Waals surface area contributed by atoms with Crippen LogP contribution in [0.2, 0.25) is 0 Å². The average molecular weight is 470 g/mol. The first-order valence-corrected chi connectivity index (χ1v) is 11.7. The maximum Gasteiger partial charge on any atom is 0.251 e. The molecule has 0 aliphatic rings. The van der Waals surface area contributed by atoms with Gasteiger partial charge in [0, 0.05) is 32.1 Å². The number of sulfonamides is 1. The van der Waals surface area contributed by atoms with E-state index < -0.39 is 10.0 Å². The van der Waals surface area contributed by atoms with Gasteiger partial charge in [-0.1, -0.05) is 6.07 Å². The lowest BCUT2D eigenvalue weighted by Crippen LogP contribution is -2.27. The van der Waals surface area contributed by atoms with E-state index >= 15 is 0 Å². The summed E-state index contributed by atoms with van der Waals surface area (Å²) in [7, 11) is 0.933. The van der Waals surface area contributed by atoms with E-state index in [1.54, 1.807) is 25.6 Å². The van der Waals surface area contributed by atoms with Gasteiger partial charge < -0.3 is 14.8 Å². The normalized spacial score (nSPS) is 12.3. The molecule has 174 valence electrons. The molecule has 1 N–H and O–H groups in total. The fraction of sp³-hybridized carbons (Fsp3) is 0.250. The zero-order chi connectivity index (χ0) is 24.0. The highest BCUT2D eigenvalue weighted by Gasteiger charge is 2.19. The number of hydrogen-bond donors (Lipinski definition) is 1. The monoisotopic (exact) mass is 469 g/mol. The van der Waals surface area contributed by atoms with Crippen molar-refractivity contribution in [2.24, 2.45) is 0 Å². The van der Waals surface area contributed by atoms with Gasteiger partial charge in [0.15, 0.2) is 11.5 Å². The fourth-order valence-corrected chi connectivity index (χ4v) is 3.97. The molecular weight excluding hydrogens is 442 g/mol. The van der Waals surface area contributed by atoms with E-state index in [0.717, 1.165) is 15.4 Å². The molecule has 0 bridgehead atoms. The number of nitrogens with one attached hydrogen (secondary N) is 1. The van der Waals surface area contributed by atoms with Crippen LogP contribution >= 0.6 is 0 Å². The molecule has 0 fully saturated rings. The first kappa shape index (κ1) is 24.2. The summed E-state index contributed by atoms with van der Waals surface area (Å²) < 4.78 is 36.8. The van der Waals surface area contributed by atoms with Crippen molar-refractivity contribution >= 4 is 15.9 Å². The van der Waals surface area contributed by atoms with Gasteiger partial charge in [-0.15, -0.1) is 0 Å². The Morgan fingerprint density at radius 2 is 1.70 bits per heavy atom. The minimum Gasteiger partial charge on any atom is -0.493 e. The van der Waals surface area contributed by atoms with Crippen LogP contribution in [-0.4, -0.2) is 44.8 Å². The molecule has 1 heterocycles. The Morgan fingerprint density at radius 3 is 2.30 bits per heavy atom. The minimum absolute atomic E-state index is 0.129. The number of methoxy groups -OCH3 is 1. The van der Waals surface area contributed by atoms with E-state index in [-0.39, 0.29) is 16.8 Å². The van der Waals surface area contributed by atoms with Crippen molar-refractivity contribution in [3.63, 3.8) is 0 Å². The lowest BCUT2D eigenvalue weighted by molar-refractivity contribution is 0.0939. The van der Waals surface area contributed by atoms with Crippen molar-refractivity contribution in [3.8, 4) is 11.5 Å². The van der Waals surface area contributed by atoms with Gasteiger partial charge in [-0.25, -0.2) is 12.7 Å². The van der Waals surface area contributed by atoms with Crippen molar-refractivity contribution in [2.75, 3.05) is 21.2 Å². The quantitative estimate of drug-likeness (QED) is 0.516.